The Kier molecular flexibility index (Phi) is 8.66. The van der Waals surface area contributed by atoms with E-state index in [0.717, 1.165) is 17.0 Å². The summed E-state index contributed by atoms with van der Waals surface area (Å²) in [7, 11) is 0. The molecule has 212 valence electrons. The lowest BCUT2D eigenvalue weighted by atomic mass is 10.1. The average Bonchev–Trinajstić information content (AvgIpc) is 3.57. The summed E-state index contributed by atoms with van der Waals surface area (Å²) < 4.78 is 40.1. The van der Waals surface area contributed by atoms with E-state index >= 15 is 8.78 Å². The Bertz CT molecular complexity index is 1110. The van der Waals surface area contributed by atoms with E-state index in [1.54, 1.807) is 13.8 Å². The van der Waals surface area contributed by atoms with Gasteiger partial charge in [0.1, 0.15) is 17.8 Å². The van der Waals surface area contributed by atoms with Crippen LogP contribution >= 0.6 is 0 Å². The molecule has 3 heterocycles. The van der Waals surface area contributed by atoms with Gasteiger partial charge in [-0.1, -0.05) is 5.16 Å². The van der Waals surface area contributed by atoms with Gasteiger partial charge in [-0.2, -0.15) is 0 Å². The van der Waals surface area contributed by atoms with Gasteiger partial charge in [-0.05, 0) is 13.8 Å². The number of nitrogens with zero attached hydrogens (tertiary/aromatic N) is 4. The molecule has 39 heavy (non-hydrogen) atoms. The first kappa shape index (κ1) is 27.9. The summed E-state index contributed by atoms with van der Waals surface area (Å²) in [5, 5.41) is 8.60. The predicted octanol–water partition coefficient (Wildman–Crippen LogP) is 0.964. The van der Waals surface area contributed by atoms with Crippen LogP contribution in [0.1, 0.15) is 20.3 Å². The molecule has 1 unspecified atom stereocenters. The van der Waals surface area contributed by atoms with Gasteiger partial charge in [0.05, 0.1) is 25.4 Å². The number of benzene rings is 1. The first-order valence-electron chi connectivity index (χ1n) is 12.6. The van der Waals surface area contributed by atoms with Gasteiger partial charge in [0.2, 0.25) is 12.0 Å². The number of ether oxygens (including phenoxy) is 2. The number of nitrogens with one attached hydrogen (secondary N) is 2. The lowest BCUT2D eigenvalue weighted by Crippen LogP contribution is -2.55. The molecular formula is C24H30F2N6O7. The van der Waals surface area contributed by atoms with Crippen LogP contribution in [0.15, 0.2) is 17.3 Å². The summed E-state index contributed by atoms with van der Waals surface area (Å²) in [4.78, 5) is 57.7. The topological polar surface area (TPSA) is 142 Å². The van der Waals surface area contributed by atoms with Crippen LogP contribution in [0.3, 0.4) is 0 Å². The van der Waals surface area contributed by atoms with Gasteiger partial charge >= 0.3 is 12.2 Å². The van der Waals surface area contributed by atoms with Crippen LogP contribution < -0.4 is 20.4 Å². The monoisotopic (exact) mass is 552 g/mol. The summed E-state index contributed by atoms with van der Waals surface area (Å²) in [6.07, 6.45) is -1.14. The van der Waals surface area contributed by atoms with Crippen molar-refractivity contribution < 1.29 is 42.3 Å². The van der Waals surface area contributed by atoms with E-state index in [0.29, 0.717) is 6.42 Å². The zero-order valence-corrected chi connectivity index (χ0v) is 21.5. The molecule has 3 aliphatic heterocycles. The second kappa shape index (κ2) is 12.1. The van der Waals surface area contributed by atoms with Gasteiger partial charge in [-0.25, -0.2) is 18.4 Å². The van der Waals surface area contributed by atoms with E-state index in [1.165, 1.54) is 16.0 Å². The molecule has 2 fully saturated rings. The van der Waals surface area contributed by atoms with E-state index in [1.807, 2.05) is 0 Å². The molecule has 4 amide bonds. The van der Waals surface area contributed by atoms with E-state index in [2.05, 4.69) is 15.8 Å². The molecule has 2 N–H and O–H groups in total. The van der Waals surface area contributed by atoms with E-state index in [9.17, 15) is 19.2 Å². The first-order chi connectivity index (χ1) is 18.7. The molecule has 3 atom stereocenters. The molecule has 1 aromatic carbocycles. The molecule has 0 spiro atoms. The van der Waals surface area contributed by atoms with Crippen LogP contribution in [-0.4, -0.2) is 99.2 Å². The fourth-order valence-electron chi connectivity index (χ4n) is 4.47. The largest absolute Gasteiger partial charge is 0.450 e. The van der Waals surface area contributed by atoms with Crippen molar-refractivity contribution in [2.45, 2.75) is 38.5 Å². The van der Waals surface area contributed by atoms with E-state index in [4.69, 9.17) is 14.3 Å². The number of carbonyl (C=O) groups excluding carboxylic acids is 4. The number of amides is 4. The van der Waals surface area contributed by atoms with Crippen LogP contribution in [0.25, 0.3) is 0 Å². The quantitative estimate of drug-likeness (QED) is 0.486. The maximum atomic E-state index is 15.1. The molecule has 0 radical (unpaired) electrons. The number of halogens is 2. The third-order valence-corrected chi connectivity index (χ3v) is 6.45. The third kappa shape index (κ3) is 6.46. The van der Waals surface area contributed by atoms with Crippen LogP contribution in [-0.2, 0) is 23.9 Å². The van der Waals surface area contributed by atoms with Crippen LogP contribution in [0, 0.1) is 11.6 Å². The van der Waals surface area contributed by atoms with E-state index < -0.39 is 48.0 Å². The molecule has 13 nitrogen and oxygen atoms in total. The standard InChI is InChI=1S/C24H30F2N6O7/c1-3-37-23(35)27-12-16-13-32(24(36)38-16)15-10-17(25)20(18(26)11-15)30-6-8-31(9-7-30)22(34)14(2)29-21(33)19-4-5-28-39-19/h5,10-11,14,16,19H,3-4,6-9,12-13H2,1-2H3,(H,27,35)(H,29,33)/t14-,16-,19?/m0/s1. The van der Waals surface area contributed by atoms with Crippen molar-refractivity contribution in [1.82, 2.24) is 15.5 Å². The van der Waals surface area contributed by atoms with Gasteiger partial charge in [-0.15, -0.1) is 0 Å². The zero-order chi connectivity index (χ0) is 28.1. The smallest absolute Gasteiger partial charge is 0.414 e. The SMILES string of the molecule is CCOC(=O)NC[C@H]1CN(c2cc(F)c(N3CCN(C(=O)[C@H](C)NC(=O)C4CC=NO4)CC3)c(F)c2)C(=O)O1. The summed E-state index contributed by atoms with van der Waals surface area (Å²) in [6, 6.07) is 1.28. The van der Waals surface area contributed by atoms with Crippen molar-refractivity contribution in [1.29, 1.82) is 0 Å². The second-order valence-corrected chi connectivity index (χ2v) is 9.14. The summed E-state index contributed by atoms with van der Waals surface area (Å²) >= 11 is 0. The lowest BCUT2D eigenvalue weighted by Gasteiger charge is -2.37. The second-order valence-electron chi connectivity index (χ2n) is 9.14. The molecule has 0 aliphatic carbocycles. The highest BCUT2D eigenvalue weighted by Gasteiger charge is 2.35. The molecule has 0 bridgehead atoms. The fraction of sp³-hybridized carbons (Fsp3) is 0.542. The van der Waals surface area contributed by atoms with Gasteiger partial charge in [0.25, 0.3) is 5.91 Å². The van der Waals surface area contributed by atoms with Crippen LogP contribution in [0.5, 0.6) is 0 Å². The van der Waals surface area contributed by atoms with Crippen molar-refractivity contribution >= 4 is 41.6 Å². The summed E-state index contributed by atoms with van der Waals surface area (Å²) in [5.74, 6) is -2.51. The van der Waals surface area contributed by atoms with Gasteiger partial charge in [-0.3, -0.25) is 14.5 Å². The Morgan fingerprint density at radius 1 is 1.18 bits per heavy atom. The summed E-state index contributed by atoms with van der Waals surface area (Å²) in [6.45, 7) is 4.06. The number of oxime groups is 1. The van der Waals surface area contributed by atoms with Crippen molar-refractivity contribution in [3.05, 3.63) is 23.8 Å². The van der Waals surface area contributed by atoms with Gasteiger partial charge in [0, 0.05) is 50.9 Å². The molecule has 4 rings (SSSR count). The highest BCUT2D eigenvalue weighted by atomic mass is 19.1. The molecule has 0 saturated carbocycles. The molecule has 3 aliphatic rings. The summed E-state index contributed by atoms with van der Waals surface area (Å²) in [5.41, 5.74) is -0.286. The number of hydrogen-bond donors (Lipinski definition) is 2. The fourth-order valence-corrected chi connectivity index (χ4v) is 4.47. The first-order valence-corrected chi connectivity index (χ1v) is 12.6. The Labute approximate surface area is 223 Å². The Hall–Kier alpha value is -4.17. The highest BCUT2D eigenvalue weighted by Crippen LogP contribution is 2.31. The molecule has 0 aromatic heterocycles. The van der Waals surface area contributed by atoms with Crippen molar-refractivity contribution in [3.8, 4) is 0 Å². The molecule has 1 aromatic rings. The number of hydrogen-bond acceptors (Lipinski definition) is 9. The highest BCUT2D eigenvalue weighted by molar-refractivity contribution is 5.91. The van der Waals surface area contributed by atoms with Crippen LogP contribution in [0.4, 0.5) is 29.7 Å². The normalized spacial score (nSPS) is 21.3. The number of carbonyl (C=O) groups is 4. The maximum absolute atomic E-state index is 15.1. The lowest BCUT2D eigenvalue weighted by molar-refractivity contribution is -0.139. The number of rotatable bonds is 8. The Morgan fingerprint density at radius 2 is 1.87 bits per heavy atom. The minimum Gasteiger partial charge on any atom is -0.450 e. The molecule has 15 heteroatoms. The predicted molar refractivity (Wildman–Crippen MR) is 133 cm³/mol. The minimum absolute atomic E-state index is 0.0150. The van der Waals surface area contributed by atoms with Gasteiger partial charge < -0.3 is 34.7 Å². The maximum Gasteiger partial charge on any atom is 0.414 e. The zero-order valence-electron chi connectivity index (χ0n) is 21.5. The van der Waals surface area contributed by atoms with Gasteiger partial charge in [0.15, 0.2) is 11.6 Å². The molecule has 2 saturated heterocycles. The number of cyclic esters (lactones) is 1. The number of anilines is 2. The Morgan fingerprint density at radius 3 is 2.49 bits per heavy atom. The minimum atomic E-state index is -0.870. The van der Waals surface area contributed by atoms with Crippen molar-refractivity contribution in [2.75, 3.05) is 55.7 Å². The average molecular weight is 553 g/mol. The van der Waals surface area contributed by atoms with E-state index in [-0.39, 0.29) is 63.2 Å². The van der Waals surface area contributed by atoms with Crippen LogP contribution in [0.2, 0.25) is 0 Å². The number of alkyl carbamates (subject to hydrolysis) is 1. The number of piperazine rings is 1. The molecular weight excluding hydrogens is 522 g/mol. The van der Waals surface area contributed by atoms with Crippen molar-refractivity contribution in [3.63, 3.8) is 0 Å². The third-order valence-electron chi connectivity index (χ3n) is 6.45. The van der Waals surface area contributed by atoms with Crippen molar-refractivity contribution in [2.24, 2.45) is 5.16 Å². The Balaban J connectivity index is 1.32.